The summed E-state index contributed by atoms with van der Waals surface area (Å²) >= 11 is 11.9. The number of anilines is 1. The number of amides is 2. The van der Waals surface area contributed by atoms with Crippen molar-refractivity contribution in [3.63, 3.8) is 0 Å². The molecule has 0 spiro atoms. The van der Waals surface area contributed by atoms with E-state index < -0.39 is 5.91 Å². The Labute approximate surface area is 146 Å². The number of hydrogen-bond acceptors (Lipinski definition) is 2. The van der Waals surface area contributed by atoms with E-state index in [0.29, 0.717) is 22.3 Å². The van der Waals surface area contributed by atoms with Gasteiger partial charge < -0.3 is 10.6 Å². The van der Waals surface area contributed by atoms with Crippen LogP contribution in [0.5, 0.6) is 0 Å². The van der Waals surface area contributed by atoms with Crippen LogP contribution in [-0.4, -0.2) is 18.4 Å². The highest BCUT2D eigenvalue weighted by Crippen LogP contribution is 2.29. The zero-order valence-corrected chi connectivity index (χ0v) is 14.3. The Kier molecular flexibility index (Phi) is 6.93. The van der Waals surface area contributed by atoms with Crippen LogP contribution in [-0.2, 0) is 9.59 Å². The van der Waals surface area contributed by atoms with E-state index in [2.05, 4.69) is 16.7 Å². The van der Waals surface area contributed by atoms with Crippen LogP contribution in [0.3, 0.4) is 0 Å². The minimum absolute atomic E-state index is 0.249. The van der Waals surface area contributed by atoms with E-state index in [9.17, 15) is 9.59 Å². The van der Waals surface area contributed by atoms with Crippen LogP contribution in [0.25, 0.3) is 0 Å². The number of carbonyl (C=O) groups is 2. The molecule has 0 saturated carbocycles. The van der Waals surface area contributed by atoms with Crippen molar-refractivity contribution in [1.82, 2.24) is 5.32 Å². The van der Waals surface area contributed by atoms with Gasteiger partial charge in [-0.15, -0.1) is 0 Å². The maximum Gasteiger partial charge on any atom is 0.233 e. The van der Waals surface area contributed by atoms with Gasteiger partial charge >= 0.3 is 0 Å². The van der Waals surface area contributed by atoms with Gasteiger partial charge in [0.25, 0.3) is 0 Å². The standard InChI is InChI=1S/C17H20Cl2N2O2/c18-13-7-4-8-14(19)17(13)21-16(23)11-15(22)20-10-9-12-5-2-1-3-6-12/h4-5,7-8H,1-3,6,9-11H2,(H,20,22)(H,21,23). The first kappa shape index (κ1) is 17.8. The van der Waals surface area contributed by atoms with E-state index in [1.54, 1.807) is 18.2 Å². The van der Waals surface area contributed by atoms with Crippen molar-refractivity contribution in [1.29, 1.82) is 0 Å². The molecular formula is C17H20Cl2N2O2. The number of allylic oxidation sites excluding steroid dienone is 1. The fraction of sp³-hybridized carbons (Fsp3) is 0.412. The van der Waals surface area contributed by atoms with Gasteiger partial charge in [0.05, 0.1) is 15.7 Å². The van der Waals surface area contributed by atoms with Crippen LogP contribution >= 0.6 is 23.2 Å². The molecule has 0 unspecified atom stereocenters. The Morgan fingerprint density at radius 2 is 1.83 bits per heavy atom. The SMILES string of the molecule is O=C(CC(=O)Nc1c(Cl)cccc1Cl)NCCC1=CCCCC1. The lowest BCUT2D eigenvalue weighted by Gasteiger charge is -2.13. The first-order valence-electron chi connectivity index (χ1n) is 7.74. The Balaban J connectivity index is 1.74. The second-order valence-electron chi connectivity index (χ2n) is 5.53. The van der Waals surface area contributed by atoms with Crippen LogP contribution in [0.2, 0.25) is 10.0 Å². The molecule has 124 valence electrons. The van der Waals surface area contributed by atoms with Crippen molar-refractivity contribution >= 4 is 40.7 Å². The summed E-state index contributed by atoms with van der Waals surface area (Å²) in [5.74, 6) is -0.739. The quantitative estimate of drug-likeness (QED) is 0.590. The Hall–Kier alpha value is -1.52. The van der Waals surface area contributed by atoms with Gasteiger partial charge in [-0.3, -0.25) is 9.59 Å². The molecule has 0 bridgehead atoms. The van der Waals surface area contributed by atoms with Crippen molar-refractivity contribution in [2.45, 2.75) is 38.5 Å². The fourth-order valence-corrected chi connectivity index (χ4v) is 3.00. The number of carbonyl (C=O) groups excluding carboxylic acids is 2. The molecule has 0 heterocycles. The number of hydrogen-bond donors (Lipinski definition) is 2. The van der Waals surface area contributed by atoms with Gasteiger partial charge in [0.1, 0.15) is 6.42 Å². The smallest absolute Gasteiger partial charge is 0.233 e. The summed E-state index contributed by atoms with van der Waals surface area (Å²) in [5, 5.41) is 6.03. The van der Waals surface area contributed by atoms with Crippen LogP contribution < -0.4 is 10.6 Å². The molecule has 6 heteroatoms. The normalized spacial score (nSPS) is 14.1. The molecular weight excluding hydrogens is 335 g/mol. The monoisotopic (exact) mass is 354 g/mol. The van der Waals surface area contributed by atoms with Crippen LogP contribution in [0.15, 0.2) is 29.8 Å². The van der Waals surface area contributed by atoms with E-state index in [1.165, 1.54) is 18.4 Å². The highest BCUT2D eigenvalue weighted by atomic mass is 35.5. The van der Waals surface area contributed by atoms with Crippen LogP contribution in [0.4, 0.5) is 5.69 Å². The molecule has 2 rings (SSSR count). The number of para-hydroxylation sites is 1. The fourth-order valence-electron chi connectivity index (χ4n) is 2.50. The zero-order valence-electron chi connectivity index (χ0n) is 12.8. The molecule has 4 nitrogen and oxygen atoms in total. The van der Waals surface area contributed by atoms with Gasteiger partial charge in [0, 0.05) is 6.54 Å². The molecule has 1 aliphatic carbocycles. The number of rotatable bonds is 6. The molecule has 0 fully saturated rings. The van der Waals surface area contributed by atoms with Gasteiger partial charge in [0.2, 0.25) is 11.8 Å². The molecule has 23 heavy (non-hydrogen) atoms. The largest absolute Gasteiger partial charge is 0.355 e. The molecule has 0 aliphatic heterocycles. The van der Waals surface area contributed by atoms with E-state index >= 15 is 0 Å². The van der Waals surface area contributed by atoms with Gasteiger partial charge in [-0.05, 0) is 44.2 Å². The average Bonchev–Trinajstić information content (AvgIpc) is 2.52. The van der Waals surface area contributed by atoms with E-state index in [1.807, 2.05) is 0 Å². The molecule has 1 aromatic carbocycles. The summed E-state index contributed by atoms with van der Waals surface area (Å²) < 4.78 is 0. The Bertz CT molecular complexity index is 594. The summed E-state index contributed by atoms with van der Waals surface area (Å²) in [5.41, 5.74) is 1.73. The first-order chi connectivity index (χ1) is 11.1. The highest BCUT2D eigenvalue weighted by Gasteiger charge is 2.13. The van der Waals surface area contributed by atoms with E-state index in [0.717, 1.165) is 19.3 Å². The molecule has 0 atom stereocenters. The number of benzene rings is 1. The predicted molar refractivity (Wildman–Crippen MR) is 93.9 cm³/mol. The number of nitrogens with one attached hydrogen (secondary N) is 2. The lowest BCUT2D eigenvalue weighted by molar-refractivity contribution is -0.126. The summed E-state index contributed by atoms with van der Waals surface area (Å²) in [6, 6.07) is 4.94. The van der Waals surface area contributed by atoms with Gasteiger partial charge in [-0.2, -0.15) is 0 Å². The third-order valence-corrected chi connectivity index (χ3v) is 4.33. The summed E-state index contributed by atoms with van der Waals surface area (Å²) in [7, 11) is 0. The number of halogens is 2. The lowest BCUT2D eigenvalue weighted by atomic mass is 9.97. The van der Waals surface area contributed by atoms with E-state index in [-0.39, 0.29) is 12.3 Å². The Morgan fingerprint density at radius 1 is 1.09 bits per heavy atom. The van der Waals surface area contributed by atoms with Gasteiger partial charge in [0.15, 0.2) is 0 Å². The highest BCUT2D eigenvalue weighted by molar-refractivity contribution is 6.39. The van der Waals surface area contributed by atoms with Crippen molar-refractivity contribution in [3.8, 4) is 0 Å². The molecule has 0 aromatic heterocycles. The first-order valence-corrected chi connectivity index (χ1v) is 8.50. The van der Waals surface area contributed by atoms with Gasteiger partial charge in [-0.25, -0.2) is 0 Å². The third-order valence-electron chi connectivity index (χ3n) is 3.70. The second kappa shape index (κ2) is 8.94. The maximum absolute atomic E-state index is 11.9. The molecule has 2 amide bonds. The molecule has 1 aromatic rings. The summed E-state index contributed by atoms with van der Waals surface area (Å²) in [6.07, 6.45) is 7.57. The van der Waals surface area contributed by atoms with E-state index in [4.69, 9.17) is 23.2 Å². The van der Waals surface area contributed by atoms with Crippen LogP contribution in [0.1, 0.15) is 38.5 Å². The third kappa shape index (κ3) is 5.88. The topological polar surface area (TPSA) is 58.2 Å². The molecule has 2 N–H and O–H groups in total. The lowest BCUT2D eigenvalue weighted by Crippen LogP contribution is -2.29. The summed E-state index contributed by atoms with van der Waals surface area (Å²) in [4.78, 5) is 23.7. The van der Waals surface area contributed by atoms with Crippen molar-refractivity contribution in [2.75, 3.05) is 11.9 Å². The van der Waals surface area contributed by atoms with Gasteiger partial charge in [-0.1, -0.05) is 40.9 Å². The minimum Gasteiger partial charge on any atom is -0.355 e. The Morgan fingerprint density at radius 3 is 2.48 bits per heavy atom. The van der Waals surface area contributed by atoms with Crippen molar-refractivity contribution in [3.05, 3.63) is 39.9 Å². The zero-order chi connectivity index (χ0) is 16.7. The summed E-state index contributed by atoms with van der Waals surface area (Å²) in [6.45, 7) is 0.560. The van der Waals surface area contributed by atoms with Crippen molar-refractivity contribution in [2.24, 2.45) is 0 Å². The average molecular weight is 355 g/mol. The molecule has 0 radical (unpaired) electrons. The molecule has 0 saturated heterocycles. The maximum atomic E-state index is 11.9. The second-order valence-corrected chi connectivity index (χ2v) is 6.34. The van der Waals surface area contributed by atoms with Crippen molar-refractivity contribution < 1.29 is 9.59 Å². The van der Waals surface area contributed by atoms with Crippen LogP contribution in [0, 0.1) is 0 Å². The molecule has 1 aliphatic rings. The minimum atomic E-state index is -0.436. The predicted octanol–water partition coefficient (Wildman–Crippen LogP) is 4.33.